The standard InChI is InChI=1S/C16H18N4OS/c1-2-5-15-14(4-1)18-16(21-15)20-7-3-6-19(8-9-20)10-13-11-22-12-17-13/h1-2,4-5,11-12H,3,6-10H2. The SMILES string of the molecule is c1ccc2oc(N3CCCN(Cc4cscn4)CC3)nc2c1. The molecule has 0 bridgehead atoms. The molecule has 1 saturated heterocycles. The van der Waals surface area contributed by atoms with Crippen LogP contribution >= 0.6 is 11.3 Å². The molecule has 0 saturated carbocycles. The zero-order valence-corrected chi connectivity index (χ0v) is 13.1. The summed E-state index contributed by atoms with van der Waals surface area (Å²) in [6.07, 6.45) is 1.11. The first-order chi connectivity index (χ1) is 10.9. The molecule has 0 aliphatic carbocycles. The molecule has 5 nitrogen and oxygen atoms in total. The maximum absolute atomic E-state index is 5.89. The van der Waals surface area contributed by atoms with Crippen molar-refractivity contribution >= 4 is 28.5 Å². The smallest absolute Gasteiger partial charge is 0.298 e. The fourth-order valence-electron chi connectivity index (χ4n) is 2.86. The van der Waals surface area contributed by atoms with Crippen molar-refractivity contribution < 1.29 is 4.42 Å². The van der Waals surface area contributed by atoms with Gasteiger partial charge in [0.1, 0.15) is 5.52 Å². The fraction of sp³-hybridized carbons (Fsp3) is 0.375. The molecule has 1 aliphatic heterocycles. The lowest BCUT2D eigenvalue weighted by Gasteiger charge is -2.19. The van der Waals surface area contributed by atoms with E-state index in [1.54, 1.807) is 11.3 Å². The highest BCUT2D eigenvalue weighted by Crippen LogP contribution is 2.22. The van der Waals surface area contributed by atoms with Crippen LogP contribution in [0, 0.1) is 0 Å². The summed E-state index contributed by atoms with van der Waals surface area (Å²) in [5, 5.41) is 2.13. The van der Waals surface area contributed by atoms with Crippen molar-refractivity contribution in [1.82, 2.24) is 14.9 Å². The molecule has 0 spiro atoms. The summed E-state index contributed by atoms with van der Waals surface area (Å²) in [4.78, 5) is 13.7. The largest absolute Gasteiger partial charge is 0.423 e. The zero-order valence-electron chi connectivity index (χ0n) is 12.3. The quantitative estimate of drug-likeness (QED) is 0.743. The molecule has 0 atom stereocenters. The minimum absolute atomic E-state index is 0.747. The van der Waals surface area contributed by atoms with Gasteiger partial charge in [-0.15, -0.1) is 11.3 Å². The van der Waals surface area contributed by atoms with Gasteiger partial charge in [0.15, 0.2) is 5.58 Å². The Labute approximate surface area is 133 Å². The van der Waals surface area contributed by atoms with Crippen molar-refractivity contribution in [1.29, 1.82) is 0 Å². The Morgan fingerprint density at radius 2 is 2.09 bits per heavy atom. The van der Waals surface area contributed by atoms with Crippen LogP contribution in [0.4, 0.5) is 6.01 Å². The molecule has 114 valence electrons. The third-order valence-electron chi connectivity index (χ3n) is 4.01. The molecule has 0 radical (unpaired) electrons. The first kappa shape index (κ1) is 13.7. The van der Waals surface area contributed by atoms with Gasteiger partial charge in [-0.1, -0.05) is 12.1 Å². The van der Waals surface area contributed by atoms with Gasteiger partial charge in [0.25, 0.3) is 6.01 Å². The number of fused-ring (bicyclic) bond motifs is 1. The number of oxazole rings is 1. The summed E-state index contributed by atoms with van der Waals surface area (Å²) in [7, 11) is 0. The number of para-hydroxylation sites is 2. The third-order valence-corrected chi connectivity index (χ3v) is 4.65. The second kappa shape index (κ2) is 6.06. The van der Waals surface area contributed by atoms with Gasteiger partial charge in [0.2, 0.25) is 0 Å². The molecule has 3 heterocycles. The van der Waals surface area contributed by atoms with Gasteiger partial charge in [-0.2, -0.15) is 4.98 Å². The van der Waals surface area contributed by atoms with E-state index in [-0.39, 0.29) is 0 Å². The first-order valence-electron chi connectivity index (χ1n) is 7.58. The number of hydrogen-bond acceptors (Lipinski definition) is 6. The molecule has 22 heavy (non-hydrogen) atoms. The Bertz CT molecular complexity index is 707. The van der Waals surface area contributed by atoms with Crippen LogP contribution in [-0.2, 0) is 6.54 Å². The van der Waals surface area contributed by atoms with Crippen LogP contribution in [0.3, 0.4) is 0 Å². The second-order valence-corrected chi connectivity index (χ2v) is 6.28. The number of rotatable bonds is 3. The predicted molar refractivity (Wildman–Crippen MR) is 88.2 cm³/mol. The lowest BCUT2D eigenvalue weighted by atomic mass is 10.3. The first-order valence-corrected chi connectivity index (χ1v) is 8.53. The summed E-state index contributed by atoms with van der Waals surface area (Å²) < 4.78 is 5.89. The lowest BCUT2D eigenvalue weighted by Crippen LogP contribution is -2.30. The second-order valence-electron chi connectivity index (χ2n) is 5.56. The third kappa shape index (κ3) is 2.84. The van der Waals surface area contributed by atoms with Crippen LogP contribution < -0.4 is 4.90 Å². The van der Waals surface area contributed by atoms with Crippen LogP contribution in [0.25, 0.3) is 11.1 Å². The van der Waals surface area contributed by atoms with Gasteiger partial charge >= 0.3 is 0 Å². The number of aromatic nitrogens is 2. The maximum Gasteiger partial charge on any atom is 0.298 e. The van der Waals surface area contributed by atoms with E-state index < -0.39 is 0 Å². The van der Waals surface area contributed by atoms with Crippen molar-refractivity contribution in [3.63, 3.8) is 0 Å². The summed E-state index contributed by atoms with van der Waals surface area (Å²) in [6, 6.07) is 8.69. The molecule has 3 aromatic rings. The summed E-state index contributed by atoms with van der Waals surface area (Å²) >= 11 is 1.66. The van der Waals surface area contributed by atoms with Crippen LogP contribution in [0.15, 0.2) is 39.6 Å². The Balaban J connectivity index is 1.45. The maximum atomic E-state index is 5.89. The van der Waals surface area contributed by atoms with Crippen molar-refractivity contribution in [3.8, 4) is 0 Å². The van der Waals surface area contributed by atoms with Crippen molar-refractivity contribution in [3.05, 3.63) is 40.8 Å². The number of hydrogen-bond donors (Lipinski definition) is 0. The van der Waals surface area contributed by atoms with Gasteiger partial charge in [-0.3, -0.25) is 4.90 Å². The Morgan fingerprint density at radius 1 is 1.14 bits per heavy atom. The molecule has 1 aliphatic rings. The van der Waals surface area contributed by atoms with E-state index in [4.69, 9.17) is 4.42 Å². The van der Waals surface area contributed by atoms with Crippen LogP contribution in [0.5, 0.6) is 0 Å². The highest BCUT2D eigenvalue weighted by atomic mass is 32.1. The molecule has 6 heteroatoms. The van der Waals surface area contributed by atoms with Gasteiger partial charge in [0, 0.05) is 38.1 Å². The average molecular weight is 314 g/mol. The Kier molecular flexibility index (Phi) is 3.78. The van der Waals surface area contributed by atoms with E-state index in [0.29, 0.717) is 0 Å². The molecule has 1 aromatic carbocycles. The molecular weight excluding hydrogens is 296 g/mol. The van der Waals surface area contributed by atoms with Crippen LogP contribution in [0.2, 0.25) is 0 Å². The van der Waals surface area contributed by atoms with Gasteiger partial charge < -0.3 is 9.32 Å². The Morgan fingerprint density at radius 3 is 2.95 bits per heavy atom. The van der Waals surface area contributed by atoms with E-state index in [0.717, 1.165) is 56.3 Å². The van der Waals surface area contributed by atoms with E-state index >= 15 is 0 Å². The minimum Gasteiger partial charge on any atom is -0.423 e. The predicted octanol–water partition coefficient (Wildman–Crippen LogP) is 3.00. The highest BCUT2D eigenvalue weighted by Gasteiger charge is 2.19. The molecular formula is C16H18N4OS. The number of anilines is 1. The lowest BCUT2D eigenvalue weighted by molar-refractivity contribution is 0.282. The number of thiazole rings is 1. The minimum atomic E-state index is 0.747. The zero-order chi connectivity index (χ0) is 14.8. The molecule has 2 aromatic heterocycles. The molecule has 0 amide bonds. The number of benzene rings is 1. The molecule has 0 N–H and O–H groups in total. The van der Waals surface area contributed by atoms with Crippen molar-refractivity contribution in [2.45, 2.75) is 13.0 Å². The van der Waals surface area contributed by atoms with E-state index in [1.807, 2.05) is 29.8 Å². The normalized spacial score (nSPS) is 17.0. The van der Waals surface area contributed by atoms with E-state index in [9.17, 15) is 0 Å². The van der Waals surface area contributed by atoms with Crippen molar-refractivity contribution in [2.24, 2.45) is 0 Å². The summed E-state index contributed by atoms with van der Waals surface area (Å²) in [5.74, 6) is 0. The summed E-state index contributed by atoms with van der Waals surface area (Å²) in [6.45, 7) is 4.97. The van der Waals surface area contributed by atoms with Gasteiger partial charge in [-0.25, -0.2) is 4.98 Å². The average Bonchev–Trinajstić information content (AvgIpc) is 3.13. The highest BCUT2D eigenvalue weighted by molar-refractivity contribution is 7.07. The summed E-state index contributed by atoms with van der Waals surface area (Å²) in [5.41, 5.74) is 4.86. The van der Waals surface area contributed by atoms with Gasteiger partial charge in [-0.05, 0) is 18.6 Å². The fourth-order valence-corrected chi connectivity index (χ4v) is 3.41. The Hall–Kier alpha value is -1.92. The number of nitrogens with zero attached hydrogens (tertiary/aromatic N) is 4. The van der Waals surface area contributed by atoms with E-state index in [1.165, 1.54) is 5.69 Å². The topological polar surface area (TPSA) is 45.4 Å². The van der Waals surface area contributed by atoms with Crippen molar-refractivity contribution in [2.75, 3.05) is 31.1 Å². The van der Waals surface area contributed by atoms with Crippen LogP contribution in [0.1, 0.15) is 12.1 Å². The monoisotopic (exact) mass is 314 g/mol. The van der Waals surface area contributed by atoms with Gasteiger partial charge in [0.05, 0.1) is 11.2 Å². The van der Waals surface area contributed by atoms with E-state index in [2.05, 4.69) is 25.1 Å². The molecule has 0 unspecified atom stereocenters. The molecule has 1 fully saturated rings. The molecule has 4 rings (SSSR count). The van der Waals surface area contributed by atoms with Crippen LogP contribution in [-0.4, -0.2) is 41.0 Å².